The molecule has 0 spiro atoms. The predicted molar refractivity (Wildman–Crippen MR) is 93.4 cm³/mol. The highest BCUT2D eigenvalue weighted by Gasteiger charge is 2.20. The molecule has 0 bridgehead atoms. The van der Waals surface area contributed by atoms with E-state index in [1.165, 1.54) is 12.2 Å². The van der Waals surface area contributed by atoms with E-state index in [4.69, 9.17) is 4.98 Å². The van der Waals surface area contributed by atoms with Crippen LogP contribution in [0.15, 0.2) is 30.5 Å². The first-order chi connectivity index (χ1) is 10.8. The molecule has 0 N–H and O–H groups in total. The standard InChI is InChI=1S/C17H22N4S/c1-3-14-12-16(21-9-11-22-10-7-13(21)2)20-17(19-14)15-6-4-5-8-18-15/h4-6,8,12-13H,3,7,9-11H2,1-2H3. The van der Waals surface area contributed by atoms with Gasteiger partial charge >= 0.3 is 0 Å². The minimum Gasteiger partial charge on any atom is -0.353 e. The smallest absolute Gasteiger partial charge is 0.180 e. The highest BCUT2D eigenvalue weighted by molar-refractivity contribution is 7.99. The third kappa shape index (κ3) is 3.40. The summed E-state index contributed by atoms with van der Waals surface area (Å²) in [6, 6.07) is 8.53. The Morgan fingerprint density at radius 3 is 2.95 bits per heavy atom. The first kappa shape index (κ1) is 15.3. The lowest BCUT2D eigenvalue weighted by atomic mass is 10.2. The highest BCUT2D eigenvalue weighted by atomic mass is 32.2. The molecule has 1 atom stereocenters. The summed E-state index contributed by atoms with van der Waals surface area (Å²) >= 11 is 2.03. The van der Waals surface area contributed by atoms with E-state index in [0.29, 0.717) is 6.04 Å². The van der Waals surface area contributed by atoms with Crippen LogP contribution < -0.4 is 4.90 Å². The van der Waals surface area contributed by atoms with Gasteiger partial charge in [-0.25, -0.2) is 9.97 Å². The zero-order valence-electron chi connectivity index (χ0n) is 13.2. The van der Waals surface area contributed by atoms with E-state index in [1.54, 1.807) is 6.20 Å². The summed E-state index contributed by atoms with van der Waals surface area (Å²) in [5.41, 5.74) is 1.92. The number of rotatable bonds is 3. The van der Waals surface area contributed by atoms with Crippen LogP contribution in [0.4, 0.5) is 5.82 Å². The van der Waals surface area contributed by atoms with Gasteiger partial charge in [-0.15, -0.1) is 0 Å². The summed E-state index contributed by atoms with van der Waals surface area (Å²) < 4.78 is 0. The van der Waals surface area contributed by atoms with Crippen molar-refractivity contribution in [3.8, 4) is 11.5 Å². The average molecular weight is 314 g/mol. The molecule has 0 amide bonds. The van der Waals surface area contributed by atoms with E-state index in [1.807, 2.05) is 30.0 Å². The fraction of sp³-hybridized carbons (Fsp3) is 0.471. The maximum atomic E-state index is 4.81. The summed E-state index contributed by atoms with van der Waals surface area (Å²) in [6.45, 7) is 5.48. The second-order valence-electron chi connectivity index (χ2n) is 5.55. The van der Waals surface area contributed by atoms with Crippen molar-refractivity contribution >= 4 is 17.6 Å². The van der Waals surface area contributed by atoms with Gasteiger partial charge < -0.3 is 4.90 Å². The zero-order chi connectivity index (χ0) is 15.4. The third-order valence-corrected chi connectivity index (χ3v) is 5.00. The van der Waals surface area contributed by atoms with Crippen LogP contribution in [0.1, 0.15) is 26.0 Å². The first-order valence-electron chi connectivity index (χ1n) is 7.91. The number of nitrogens with zero attached hydrogens (tertiary/aromatic N) is 4. The van der Waals surface area contributed by atoms with Crippen molar-refractivity contribution in [2.75, 3.05) is 23.0 Å². The minimum absolute atomic E-state index is 0.520. The summed E-state index contributed by atoms with van der Waals surface area (Å²) in [5.74, 6) is 4.17. The van der Waals surface area contributed by atoms with Crippen molar-refractivity contribution in [1.29, 1.82) is 0 Å². The van der Waals surface area contributed by atoms with Crippen LogP contribution in [0.5, 0.6) is 0 Å². The maximum Gasteiger partial charge on any atom is 0.180 e. The number of aromatic nitrogens is 3. The molecule has 3 rings (SSSR count). The second-order valence-corrected chi connectivity index (χ2v) is 6.78. The normalized spacial score (nSPS) is 19.0. The van der Waals surface area contributed by atoms with Crippen LogP contribution in [-0.4, -0.2) is 39.0 Å². The van der Waals surface area contributed by atoms with E-state index in [2.05, 4.69) is 34.8 Å². The molecular weight excluding hydrogens is 292 g/mol. The molecule has 0 aliphatic carbocycles. The van der Waals surface area contributed by atoms with Crippen LogP contribution in [-0.2, 0) is 6.42 Å². The van der Waals surface area contributed by atoms with Crippen LogP contribution in [0.3, 0.4) is 0 Å². The molecular formula is C17H22N4S. The van der Waals surface area contributed by atoms with Gasteiger partial charge in [-0.2, -0.15) is 11.8 Å². The zero-order valence-corrected chi connectivity index (χ0v) is 14.0. The molecule has 116 valence electrons. The summed E-state index contributed by atoms with van der Waals surface area (Å²) in [7, 11) is 0. The van der Waals surface area contributed by atoms with Gasteiger partial charge in [0.15, 0.2) is 5.82 Å². The Balaban J connectivity index is 2.00. The van der Waals surface area contributed by atoms with Gasteiger partial charge in [-0.1, -0.05) is 13.0 Å². The fourth-order valence-electron chi connectivity index (χ4n) is 2.66. The van der Waals surface area contributed by atoms with E-state index < -0.39 is 0 Å². The van der Waals surface area contributed by atoms with E-state index in [9.17, 15) is 0 Å². The maximum absolute atomic E-state index is 4.81. The van der Waals surface area contributed by atoms with Gasteiger partial charge in [0.05, 0.1) is 0 Å². The Kier molecular flexibility index (Phi) is 4.93. The first-order valence-corrected chi connectivity index (χ1v) is 9.07. The number of hydrogen-bond acceptors (Lipinski definition) is 5. The summed E-state index contributed by atoms with van der Waals surface area (Å²) in [5, 5.41) is 0. The monoisotopic (exact) mass is 314 g/mol. The van der Waals surface area contributed by atoms with Gasteiger partial charge in [0, 0.05) is 36.3 Å². The predicted octanol–water partition coefficient (Wildman–Crippen LogP) is 3.43. The van der Waals surface area contributed by atoms with E-state index >= 15 is 0 Å². The molecule has 3 heterocycles. The SMILES string of the molecule is CCc1cc(N2CCSCCC2C)nc(-c2ccccn2)n1. The number of aryl methyl sites for hydroxylation is 1. The largest absolute Gasteiger partial charge is 0.353 e. The quantitative estimate of drug-likeness (QED) is 0.868. The lowest BCUT2D eigenvalue weighted by Gasteiger charge is -2.28. The number of thioether (sulfide) groups is 1. The van der Waals surface area contributed by atoms with Crippen molar-refractivity contribution in [2.45, 2.75) is 32.7 Å². The Morgan fingerprint density at radius 2 is 2.18 bits per heavy atom. The van der Waals surface area contributed by atoms with Crippen molar-refractivity contribution in [3.63, 3.8) is 0 Å². The topological polar surface area (TPSA) is 41.9 Å². The molecule has 1 fully saturated rings. The molecule has 22 heavy (non-hydrogen) atoms. The van der Waals surface area contributed by atoms with Crippen LogP contribution in [0.2, 0.25) is 0 Å². The highest BCUT2D eigenvalue weighted by Crippen LogP contribution is 2.24. The average Bonchev–Trinajstić information content (AvgIpc) is 2.79. The Morgan fingerprint density at radius 1 is 1.27 bits per heavy atom. The van der Waals surface area contributed by atoms with Crippen molar-refractivity contribution in [1.82, 2.24) is 15.0 Å². The van der Waals surface area contributed by atoms with Crippen molar-refractivity contribution < 1.29 is 0 Å². The van der Waals surface area contributed by atoms with Crippen LogP contribution >= 0.6 is 11.8 Å². The minimum atomic E-state index is 0.520. The van der Waals surface area contributed by atoms with Gasteiger partial charge in [-0.3, -0.25) is 4.98 Å². The lowest BCUT2D eigenvalue weighted by Crippen LogP contribution is -2.34. The second kappa shape index (κ2) is 7.09. The third-order valence-electron chi connectivity index (χ3n) is 4.00. The Bertz CT molecular complexity index is 617. The number of hydrogen-bond donors (Lipinski definition) is 0. The molecule has 0 saturated carbocycles. The van der Waals surface area contributed by atoms with Crippen LogP contribution in [0, 0.1) is 0 Å². The molecule has 0 aromatic carbocycles. The van der Waals surface area contributed by atoms with Gasteiger partial charge in [0.25, 0.3) is 0 Å². The van der Waals surface area contributed by atoms with Crippen molar-refractivity contribution in [2.24, 2.45) is 0 Å². The molecule has 0 radical (unpaired) electrons. The van der Waals surface area contributed by atoms with E-state index in [0.717, 1.165) is 41.7 Å². The summed E-state index contributed by atoms with van der Waals surface area (Å²) in [6.07, 6.45) is 3.91. The molecule has 1 aliphatic rings. The van der Waals surface area contributed by atoms with E-state index in [-0.39, 0.29) is 0 Å². The molecule has 5 heteroatoms. The van der Waals surface area contributed by atoms with Gasteiger partial charge in [0.2, 0.25) is 0 Å². The van der Waals surface area contributed by atoms with Gasteiger partial charge in [-0.05, 0) is 37.7 Å². The molecule has 2 aromatic rings. The molecule has 1 aliphatic heterocycles. The number of anilines is 1. The Hall–Kier alpha value is -1.62. The number of pyridine rings is 1. The van der Waals surface area contributed by atoms with Crippen molar-refractivity contribution in [3.05, 3.63) is 36.2 Å². The molecule has 1 unspecified atom stereocenters. The molecule has 1 saturated heterocycles. The van der Waals surface area contributed by atoms with Gasteiger partial charge in [0.1, 0.15) is 11.5 Å². The lowest BCUT2D eigenvalue weighted by molar-refractivity contribution is 0.637. The van der Waals surface area contributed by atoms with Crippen LogP contribution in [0.25, 0.3) is 11.5 Å². The summed E-state index contributed by atoms with van der Waals surface area (Å²) in [4.78, 5) is 16.3. The molecule has 4 nitrogen and oxygen atoms in total. The fourth-order valence-corrected chi connectivity index (χ4v) is 3.69. The molecule has 2 aromatic heterocycles. The Labute approximate surface area is 136 Å².